The lowest BCUT2D eigenvalue weighted by Crippen LogP contribution is -2.51. The van der Waals surface area contributed by atoms with Gasteiger partial charge in [-0.05, 0) is 124 Å². The van der Waals surface area contributed by atoms with E-state index in [1.165, 1.54) is 77.0 Å². The van der Waals surface area contributed by atoms with Gasteiger partial charge in [-0.25, -0.2) is 0 Å². The number of fused-ring (bicyclic) bond motifs is 5. The van der Waals surface area contributed by atoms with E-state index in [9.17, 15) is 10.2 Å². The van der Waals surface area contributed by atoms with Crippen molar-refractivity contribution in [3.8, 4) is 0 Å². The van der Waals surface area contributed by atoms with Gasteiger partial charge in [-0.2, -0.15) is 0 Å². The Balaban J connectivity index is 0.00000126. The lowest BCUT2D eigenvalue weighted by molar-refractivity contribution is -0.0663. The topological polar surface area (TPSA) is 40.5 Å². The zero-order valence-electron chi connectivity index (χ0n) is 22.5. The van der Waals surface area contributed by atoms with E-state index < -0.39 is 5.60 Å². The first-order valence-electron chi connectivity index (χ1n) is 14.8. The first-order chi connectivity index (χ1) is 15.7. The second-order valence-corrected chi connectivity index (χ2v) is 13.3. The van der Waals surface area contributed by atoms with Crippen molar-refractivity contribution in [2.24, 2.45) is 40.4 Å². The highest BCUT2D eigenvalue weighted by molar-refractivity contribution is 5.26. The Bertz CT molecular complexity index is 689. The standard InChI is InChI=1S/C29H48O2.C2H6/c1-27(31)17-18-29(3)22(19-27)11-13-23-24-14-12-21(28(24,2)16-15-25(23)29)9-6-10-26(30)20-7-4-5-8-20;1-2/h11,20-21,23-26,30-31H,4-10,12-19H2,1-3H3;1-2H3/t21?,23?,24?,25?,26?,27-,28?,29-;/m0./s1. The second kappa shape index (κ2) is 9.96. The van der Waals surface area contributed by atoms with E-state index in [1.54, 1.807) is 5.57 Å². The molecule has 2 heteroatoms. The molecule has 0 aromatic carbocycles. The Morgan fingerprint density at radius 2 is 1.67 bits per heavy atom. The molecule has 2 N–H and O–H groups in total. The van der Waals surface area contributed by atoms with E-state index >= 15 is 0 Å². The molecule has 0 radical (unpaired) electrons. The Morgan fingerprint density at radius 3 is 2.39 bits per heavy atom. The summed E-state index contributed by atoms with van der Waals surface area (Å²) < 4.78 is 0. The predicted octanol–water partition coefficient (Wildman–Crippen LogP) is 8.06. The number of aliphatic hydroxyl groups is 2. The van der Waals surface area contributed by atoms with Gasteiger partial charge < -0.3 is 10.2 Å². The predicted molar refractivity (Wildman–Crippen MR) is 139 cm³/mol. The molecule has 5 aliphatic rings. The number of rotatable bonds is 5. The van der Waals surface area contributed by atoms with Crippen LogP contribution in [0.1, 0.15) is 131 Å². The summed E-state index contributed by atoms with van der Waals surface area (Å²) in [5.74, 6) is 4.07. The summed E-state index contributed by atoms with van der Waals surface area (Å²) in [7, 11) is 0. The van der Waals surface area contributed by atoms with E-state index in [0.717, 1.165) is 42.9 Å². The molecule has 0 saturated heterocycles. The fourth-order valence-corrected chi connectivity index (χ4v) is 9.54. The first-order valence-corrected chi connectivity index (χ1v) is 14.8. The van der Waals surface area contributed by atoms with Gasteiger partial charge in [0, 0.05) is 0 Å². The molecule has 5 aliphatic carbocycles. The van der Waals surface area contributed by atoms with Gasteiger partial charge in [0.25, 0.3) is 0 Å². The van der Waals surface area contributed by atoms with Crippen LogP contribution in [-0.4, -0.2) is 21.9 Å². The molecule has 0 bridgehead atoms. The van der Waals surface area contributed by atoms with E-state index in [-0.39, 0.29) is 6.10 Å². The maximum atomic E-state index is 10.7. The average molecular weight is 459 g/mol. The number of aliphatic hydroxyl groups excluding tert-OH is 1. The van der Waals surface area contributed by atoms with Gasteiger partial charge in [0.15, 0.2) is 0 Å². The van der Waals surface area contributed by atoms with Gasteiger partial charge in [-0.15, -0.1) is 0 Å². The van der Waals surface area contributed by atoms with Crippen LogP contribution >= 0.6 is 0 Å². The minimum absolute atomic E-state index is 0.0337. The minimum atomic E-state index is -0.483. The SMILES string of the molecule is CC.CC12CCC3C(CC=C4C[C@@](C)(O)CC[C@@]43C)C1CCC2CCCC(O)C1CCCC1. The molecule has 2 nitrogen and oxygen atoms in total. The van der Waals surface area contributed by atoms with Crippen molar-refractivity contribution in [1.82, 2.24) is 0 Å². The normalized spacial score (nSPS) is 45.8. The Morgan fingerprint density at radius 1 is 0.939 bits per heavy atom. The van der Waals surface area contributed by atoms with Crippen LogP contribution in [0, 0.1) is 40.4 Å². The zero-order chi connectivity index (χ0) is 23.9. The fraction of sp³-hybridized carbons (Fsp3) is 0.935. The maximum Gasteiger partial charge on any atom is 0.0657 e. The molecule has 5 rings (SSSR count). The minimum Gasteiger partial charge on any atom is -0.393 e. The van der Waals surface area contributed by atoms with Crippen LogP contribution in [0.4, 0.5) is 0 Å². The molecular formula is C31H54O2. The van der Waals surface area contributed by atoms with E-state index in [4.69, 9.17) is 0 Å². The summed E-state index contributed by atoms with van der Waals surface area (Å²) in [5.41, 5.74) is 1.98. The average Bonchev–Trinajstić information content (AvgIpc) is 3.44. The quantitative estimate of drug-likeness (QED) is 0.409. The molecule has 0 aromatic rings. The van der Waals surface area contributed by atoms with Gasteiger partial charge in [0.1, 0.15) is 0 Å². The lowest BCUT2D eigenvalue weighted by Gasteiger charge is -2.59. The van der Waals surface area contributed by atoms with Gasteiger partial charge in [-0.3, -0.25) is 0 Å². The smallest absolute Gasteiger partial charge is 0.0657 e. The number of hydrogen-bond donors (Lipinski definition) is 2. The maximum absolute atomic E-state index is 10.7. The fourth-order valence-electron chi connectivity index (χ4n) is 9.54. The van der Waals surface area contributed by atoms with Crippen LogP contribution in [0.25, 0.3) is 0 Å². The van der Waals surface area contributed by atoms with Crippen LogP contribution in [0.3, 0.4) is 0 Å². The van der Waals surface area contributed by atoms with Crippen molar-refractivity contribution >= 4 is 0 Å². The third kappa shape index (κ3) is 4.74. The van der Waals surface area contributed by atoms with Crippen LogP contribution in [-0.2, 0) is 0 Å². The van der Waals surface area contributed by atoms with E-state index in [1.807, 2.05) is 20.8 Å². The summed E-state index contributed by atoms with van der Waals surface area (Å²) in [4.78, 5) is 0. The molecule has 4 fully saturated rings. The molecule has 0 aliphatic heterocycles. The largest absolute Gasteiger partial charge is 0.393 e. The molecule has 0 amide bonds. The van der Waals surface area contributed by atoms with Crippen molar-refractivity contribution in [1.29, 1.82) is 0 Å². The summed E-state index contributed by atoms with van der Waals surface area (Å²) in [6.45, 7) is 11.2. The molecule has 8 atom stereocenters. The van der Waals surface area contributed by atoms with Gasteiger partial charge in [0.2, 0.25) is 0 Å². The van der Waals surface area contributed by atoms with Crippen LogP contribution in [0.5, 0.6) is 0 Å². The molecule has 33 heavy (non-hydrogen) atoms. The Kier molecular flexibility index (Phi) is 7.77. The molecule has 4 saturated carbocycles. The van der Waals surface area contributed by atoms with Crippen LogP contribution in [0.2, 0.25) is 0 Å². The molecular weight excluding hydrogens is 404 g/mol. The van der Waals surface area contributed by atoms with Crippen molar-refractivity contribution in [3.63, 3.8) is 0 Å². The Labute approximate surface area is 205 Å². The van der Waals surface area contributed by atoms with Crippen molar-refractivity contribution in [2.45, 2.75) is 143 Å². The molecule has 0 aromatic heterocycles. The summed E-state index contributed by atoms with van der Waals surface area (Å²) in [5, 5.41) is 21.3. The summed E-state index contributed by atoms with van der Waals surface area (Å²) >= 11 is 0. The summed E-state index contributed by atoms with van der Waals surface area (Å²) in [6.07, 6.45) is 21.3. The highest BCUT2D eigenvalue weighted by atomic mass is 16.3. The van der Waals surface area contributed by atoms with Gasteiger partial charge in [-0.1, -0.05) is 58.6 Å². The monoisotopic (exact) mass is 458 g/mol. The van der Waals surface area contributed by atoms with Crippen LogP contribution in [0.15, 0.2) is 11.6 Å². The van der Waals surface area contributed by atoms with Crippen molar-refractivity contribution in [2.75, 3.05) is 0 Å². The van der Waals surface area contributed by atoms with Crippen LogP contribution < -0.4 is 0 Å². The molecule has 0 spiro atoms. The number of hydrogen-bond acceptors (Lipinski definition) is 2. The Hall–Kier alpha value is -0.340. The lowest BCUT2D eigenvalue weighted by atomic mass is 9.46. The highest BCUT2D eigenvalue weighted by Crippen LogP contribution is 2.67. The molecule has 190 valence electrons. The van der Waals surface area contributed by atoms with Gasteiger partial charge >= 0.3 is 0 Å². The highest BCUT2D eigenvalue weighted by Gasteiger charge is 2.58. The third-order valence-corrected chi connectivity index (χ3v) is 11.6. The van der Waals surface area contributed by atoms with Crippen molar-refractivity contribution < 1.29 is 10.2 Å². The van der Waals surface area contributed by atoms with Crippen molar-refractivity contribution in [3.05, 3.63) is 11.6 Å². The third-order valence-electron chi connectivity index (χ3n) is 11.6. The van der Waals surface area contributed by atoms with E-state index in [2.05, 4.69) is 19.9 Å². The summed E-state index contributed by atoms with van der Waals surface area (Å²) in [6, 6.07) is 0. The molecule has 0 heterocycles. The first kappa shape index (κ1) is 25.7. The molecule has 6 unspecified atom stereocenters. The van der Waals surface area contributed by atoms with Gasteiger partial charge in [0.05, 0.1) is 11.7 Å². The zero-order valence-corrected chi connectivity index (χ0v) is 22.5. The van der Waals surface area contributed by atoms with E-state index in [0.29, 0.717) is 16.7 Å². The second-order valence-electron chi connectivity index (χ2n) is 13.3. The number of allylic oxidation sites excluding steroid dienone is 1.